The fourth-order valence-corrected chi connectivity index (χ4v) is 7.74. The van der Waals surface area contributed by atoms with E-state index in [0.717, 1.165) is 90.0 Å². The molecular formula is C35H49N3O4. The van der Waals surface area contributed by atoms with E-state index in [1.165, 1.54) is 12.0 Å². The number of ether oxygens (including phenoxy) is 1. The van der Waals surface area contributed by atoms with Crippen LogP contribution in [0, 0.1) is 11.8 Å². The highest BCUT2D eigenvalue weighted by Crippen LogP contribution is 2.38. The third-order valence-electron chi connectivity index (χ3n) is 9.82. The van der Waals surface area contributed by atoms with Crippen LogP contribution in [0.2, 0.25) is 0 Å². The minimum Gasteiger partial charge on any atom is -0.484 e. The summed E-state index contributed by atoms with van der Waals surface area (Å²) < 4.78 is 5.79. The molecule has 0 bridgehead atoms. The van der Waals surface area contributed by atoms with E-state index in [4.69, 9.17) is 4.74 Å². The predicted octanol–water partition coefficient (Wildman–Crippen LogP) is 5.52. The predicted molar refractivity (Wildman–Crippen MR) is 166 cm³/mol. The summed E-state index contributed by atoms with van der Waals surface area (Å²) in [4.78, 5) is 32.7. The van der Waals surface area contributed by atoms with Gasteiger partial charge in [-0.1, -0.05) is 74.7 Å². The molecule has 1 aliphatic carbocycles. The van der Waals surface area contributed by atoms with Gasteiger partial charge in [0.1, 0.15) is 11.8 Å². The summed E-state index contributed by atoms with van der Waals surface area (Å²) in [6.07, 6.45) is 8.45. The number of benzene rings is 2. The molecule has 0 spiro atoms. The summed E-state index contributed by atoms with van der Waals surface area (Å²) in [5.74, 6) is 1.13. The second-order valence-corrected chi connectivity index (χ2v) is 12.6. The number of carbonyl (C=O) groups excluding carboxylic acids is 1. The Balaban J connectivity index is 1.21. The number of piperidine rings is 1. The van der Waals surface area contributed by atoms with Crippen LogP contribution in [0.25, 0.3) is 0 Å². The van der Waals surface area contributed by atoms with Gasteiger partial charge in [-0.2, -0.15) is 0 Å². The topological polar surface area (TPSA) is 73.3 Å². The van der Waals surface area contributed by atoms with Gasteiger partial charge in [0.2, 0.25) is 0 Å². The minimum atomic E-state index is -0.646. The highest BCUT2D eigenvalue weighted by atomic mass is 16.5. The number of para-hydroxylation sites is 1. The largest absolute Gasteiger partial charge is 0.484 e. The number of carboxylic acid groups (broad SMARTS) is 1. The lowest BCUT2D eigenvalue weighted by Crippen LogP contribution is -2.50. The monoisotopic (exact) mass is 575 g/mol. The van der Waals surface area contributed by atoms with Crippen molar-refractivity contribution in [2.45, 2.75) is 76.3 Å². The van der Waals surface area contributed by atoms with E-state index in [9.17, 15) is 14.7 Å². The zero-order chi connectivity index (χ0) is 29.3. The first-order valence-electron chi connectivity index (χ1n) is 16.2. The van der Waals surface area contributed by atoms with Crippen LogP contribution < -0.4 is 4.74 Å². The molecule has 1 saturated carbocycles. The van der Waals surface area contributed by atoms with Gasteiger partial charge < -0.3 is 19.6 Å². The van der Waals surface area contributed by atoms with Gasteiger partial charge in [-0.15, -0.1) is 0 Å². The third-order valence-corrected chi connectivity index (χ3v) is 9.82. The molecule has 0 unspecified atom stereocenters. The van der Waals surface area contributed by atoms with Crippen molar-refractivity contribution >= 4 is 11.9 Å². The molecular weight excluding hydrogens is 526 g/mol. The molecule has 2 saturated heterocycles. The van der Waals surface area contributed by atoms with E-state index in [2.05, 4.69) is 47.1 Å². The molecule has 2 aliphatic heterocycles. The fourth-order valence-electron chi connectivity index (χ4n) is 7.74. The Labute approximate surface area is 251 Å². The molecule has 2 heterocycles. The summed E-state index contributed by atoms with van der Waals surface area (Å²) in [6.45, 7) is 7.50. The molecule has 1 N–H and O–H groups in total. The maximum atomic E-state index is 13.2. The van der Waals surface area contributed by atoms with Crippen LogP contribution in [0.15, 0.2) is 60.7 Å². The summed E-state index contributed by atoms with van der Waals surface area (Å²) in [5.41, 5.74) is 1.32. The van der Waals surface area contributed by atoms with Gasteiger partial charge in [0.05, 0.1) is 0 Å². The maximum Gasteiger partial charge on any atom is 0.321 e. The number of rotatable bonds is 12. The Kier molecular flexibility index (Phi) is 10.9. The van der Waals surface area contributed by atoms with Crippen LogP contribution in [-0.2, 0) is 9.59 Å². The van der Waals surface area contributed by atoms with E-state index >= 15 is 0 Å². The van der Waals surface area contributed by atoms with Crippen LogP contribution in [-0.4, -0.2) is 89.6 Å². The second kappa shape index (κ2) is 15.0. The van der Waals surface area contributed by atoms with Crippen LogP contribution in [0.5, 0.6) is 5.75 Å². The Morgan fingerprint density at radius 3 is 2.24 bits per heavy atom. The van der Waals surface area contributed by atoms with Crippen molar-refractivity contribution in [1.29, 1.82) is 0 Å². The van der Waals surface area contributed by atoms with Gasteiger partial charge in [-0.3, -0.25) is 14.5 Å². The van der Waals surface area contributed by atoms with Crippen LogP contribution in [0.4, 0.5) is 0 Å². The van der Waals surface area contributed by atoms with Crippen molar-refractivity contribution in [2.75, 3.05) is 45.9 Å². The molecule has 7 nitrogen and oxygen atoms in total. The number of amides is 1. The first-order chi connectivity index (χ1) is 20.5. The number of hydrogen-bond donors (Lipinski definition) is 1. The Morgan fingerprint density at radius 1 is 0.929 bits per heavy atom. The number of likely N-dealkylation sites (tertiary alicyclic amines) is 2. The molecule has 228 valence electrons. The van der Waals surface area contributed by atoms with Crippen LogP contribution in [0.3, 0.4) is 0 Å². The van der Waals surface area contributed by atoms with E-state index in [0.29, 0.717) is 11.8 Å². The Morgan fingerprint density at radius 2 is 1.60 bits per heavy atom. The summed E-state index contributed by atoms with van der Waals surface area (Å²) in [5, 5.41) is 10.3. The van der Waals surface area contributed by atoms with Gasteiger partial charge in [-0.25, -0.2) is 0 Å². The maximum absolute atomic E-state index is 13.2. The highest BCUT2D eigenvalue weighted by molar-refractivity contribution is 5.78. The Bertz CT molecular complexity index is 1120. The zero-order valence-corrected chi connectivity index (χ0v) is 25.3. The first-order valence-corrected chi connectivity index (χ1v) is 16.2. The highest BCUT2D eigenvalue weighted by Gasteiger charge is 2.43. The van der Waals surface area contributed by atoms with E-state index in [1.54, 1.807) is 0 Å². The van der Waals surface area contributed by atoms with Crippen molar-refractivity contribution in [3.8, 4) is 5.75 Å². The molecule has 5 rings (SSSR count). The Hall–Kier alpha value is -2.90. The molecule has 0 aromatic heterocycles. The summed E-state index contributed by atoms with van der Waals surface area (Å²) in [6, 6.07) is 20.1. The van der Waals surface area contributed by atoms with Crippen molar-refractivity contribution in [2.24, 2.45) is 11.8 Å². The second-order valence-electron chi connectivity index (χ2n) is 12.6. The van der Waals surface area contributed by atoms with E-state index in [-0.39, 0.29) is 30.5 Å². The summed E-state index contributed by atoms with van der Waals surface area (Å²) >= 11 is 0. The lowest BCUT2D eigenvalue weighted by molar-refractivity contribution is -0.145. The van der Waals surface area contributed by atoms with Crippen molar-refractivity contribution < 1.29 is 19.4 Å². The molecule has 3 aliphatic rings. The van der Waals surface area contributed by atoms with E-state index in [1.807, 2.05) is 35.2 Å². The fraction of sp³-hybridized carbons (Fsp3) is 0.600. The molecule has 2 aromatic rings. The van der Waals surface area contributed by atoms with Gasteiger partial charge in [0.15, 0.2) is 6.61 Å². The lowest BCUT2D eigenvalue weighted by Gasteiger charge is -2.39. The SMILES string of the molecule is CCCN(C(=O)COc1ccccc1)C1CCN(C[C@H]2CN([C@@H](C(=O)O)C3CCCCC3)C[C@@H]2c2ccccc2)CC1. The molecule has 42 heavy (non-hydrogen) atoms. The zero-order valence-electron chi connectivity index (χ0n) is 25.3. The van der Waals surface area contributed by atoms with E-state index < -0.39 is 5.97 Å². The van der Waals surface area contributed by atoms with Crippen LogP contribution >= 0.6 is 0 Å². The van der Waals surface area contributed by atoms with Crippen molar-refractivity contribution in [3.05, 3.63) is 66.2 Å². The molecule has 0 radical (unpaired) electrons. The number of nitrogens with zero attached hydrogens (tertiary/aromatic N) is 3. The normalized spacial score (nSPS) is 23.5. The number of hydrogen-bond acceptors (Lipinski definition) is 5. The smallest absolute Gasteiger partial charge is 0.321 e. The number of aliphatic carboxylic acids is 1. The van der Waals surface area contributed by atoms with Gasteiger partial charge >= 0.3 is 5.97 Å². The molecule has 7 heteroatoms. The molecule has 3 fully saturated rings. The summed E-state index contributed by atoms with van der Waals surface area (Å²) in [7, 11) is 0. The standard InChI is InChI=1S/C35H49N3O4/c1-2-20-38(33(39)26-42-31-16-10-5-11-17-31)30-18-21-36(22-19-30)23-29-24-37(25-32(29)27-12-6-3-7-13-27)34(35(40)41)28-14-8-4-9-15-28/h3,5-7,10-13,16-17,28-30,32,34H,2,4,8-9,14-15,18-26H2,1H3,(H,40,41)/t29-,32+,34+/m0/s1. The van der Waals surface area contributed by atoms with Gasteiger partial charge in [-0.05, 0) is 61.6 Å². The minimum absolute atomic E-state index is 0.0668. The van der Waals surface area contributed by atoms with Crippen molar-refractivity contribution in [1.82, 2.24) is 14.7 Å². The van der Waals surface area contributed by atoms with Gasteiger partial charge in [0, 0.05) is 51.2 Å². The van der Waals surface area contributed by atoms with Gasteiger partial charge in [0.25, 0.3) is 5.91 Å². The lowest BCUT2D eigenvalue weighted by atomic mass is 9.83. The molecule has 1 amide bonds. The molecule has 3 atom stereocenters. The average Bonchev–Trinajstić information content (AvgIpc) is 3.43. The number of carbonyl (C=O) groups is 2. The molecule has 2 aromatic carbocycles. The van der Waals surface area contributed by atoms with Crippen molar-refractivity contribution in [3.63, 3.8) is 0 Å². The third kappa shape index (κ3) is 7.73. The quantitative estimate of drug-likeness (QED) is 0.360. The average molecular weight is 576 g/mol. The van der Waals surface area contributed by atoms with Crippen LogP contribution in [0.1, 0.15) is 69.8 Å². The number of carboxylic acids is 1. The first kappa shape index (κ1) is 30.6.